The first kappa shape index (κ1) is 12.2. The molecule has 0 fully saturated rings. The summed E-state index contributed by atoms with van der Waals surface area (Å²) in [5.41, 5.74) is 0.591. The van der Waals surface area contributed by atoms with Gasteiger partial charge in [-0.15, -0.1) is 0 Å². The van der Waals surface area contributed by atoms with Gasteiger partial charge < -0.3 is 5.11 Å². The fraction of sp³-hybridized carbons (Fsp3) is 0.167. The van der Waals surface area contributed by atoms with Crippen molar-refractivity contribution in [3.63, 3.8) is 0 Å². The summed E-state index contributed by atoms with van der Waals surface area (Å²) in [5, 5.41) is 9.22. The maximum Gasteiger partial charge on any atom is 0.418 e. The maximum atomic E-state index is 12.5. The molecule has 2 aliphatic rings. The second-order valence-electron chi connectivity index (χ2n) is 3.63. The van der Waals surface area contributed by atoms with Crippen LogP contribution in [0, 0.1) is 0 Å². The molecule has 0 aliphatic heterocycles. The summed E-state index contributed by atoms with van der Waals surface area (Å²) in [6, 6.07) is 9.56. The van der Waals surface area contributed by atoms with Gasteiger partial charge in [0.15, 0.2) is 6.10 Å². The molecule has 0 aromatic heterocycles. The van der Waals surface area contributed by atoms with E-state index in [2.05, 4.69) is 0 Å². The van der Waals surface area contributed by atoms with Crippen molar-refractivity contribution in [2.45, 2.75) is 12.3 Å². The fourth-order valence-corrected chi connectivity index (χ4v) is 2.04. The maximum absolute atomic E-state index is 12.5. The minimum atomic E-state index is -4.72. The molecule has 1 unspecified atom stereocenters. The molecular formula is C12H8ClF3O. The van der Waals surface area contributed by atoms with Crippen LogP contribution in [0.5, 0.6) is 0 Å². The lowest BCUT2D eigenvalue weighted by molar-refractivity contribution is -0.206. The highest BCUT2D eigenvalue weighted by Crippen LogP contribution is 2.43. The zero-order valence-electron chi connectivity index (χ0n) is 8.50. The third-order valence-corrected chi connectivity index (χ3v) is 2.80. The Kier molecular flexibility index (Phi) is 3.02. The van der Waals surface area contributed by atoms with E-state index in [1.807, 2.05) is 0 Å². The Morgan fingerprint density at radius 1 is 1.12 bits per heavy atom. The lowest BCUT2D eigenvalue weighted by Gasteiger charge is -2.15. The van der Waals surface area contributed by atoms with Crippen LogP contribution in [0.25, 0.3) is 11.1 Å². The van der Waals surface area contributed by atoms with Crippen LogP contribution in [0.4, 0.5) is 13.2 Å². The molecule has 0 saturated heterocycles. The standard InChI is InChI=1S/C12H8ClF3O/c13-9-6-7-4-2-1-3-5-8(7)10(9)11(17)12(14,15)16/h1-6,11,17H. The summed E-state index contributed by atoms with van der Waals surface area (Å²) in [6.45, 7) is 0. The summed E-state index contributed by atoms with van der Waals surface area (Å²) < 4.78 is 37.5. The van der Waals surface area contributed by atoms with Crippen molar-refractivity contribution in [1.29, 1.82) is 0 Å². The highest BCUT2D eigenvalue weighted by molar-refractivity contribution is 6.32. The van der Waals surface area contributed by atoms with Gasteiger partial charge in [0.2, 0.25) is 0 Å². The first-order valence-corrected chi connectivity index (χ1v) is 5.21. The number of aliphatic hydroxyl groups excluding tert-OH is 1. The Bertz CT molecular complexity index is 510. The highest BCUT2D eigenvalue weighted by Gasteiger charge is 2.42. The second kappa shape index (κ2) is 4.20. The Labute approximate surface area is 101 Å². The van der Waals surface area contributed by atoms with Gasteiger partial charge in [0.1, 0.15) is 0 Å². The molecule has 0 aromatic rings. The van der Waals surface area contributed by atoms with Crippen LogP contribution in [-0.4, -0.2) is 11.3 Å². The summed E-state index contributed by atoms with van der Waals surface area (Å²) in [7, 11) is 0. The van der Waals surface area contributed by atoms with Gasteiger partial charge in [-0.05, 0) is 17.2 Å². The summed E-state index contributed by atoms with van der Waals surface area (Å²) in [5.74, 6) is 0. The lowest BCUT2D eigenvalue weighted by Crippen LogP contribution is -2.20. The van der Waals surface area contributed by atoms with Gasteiger partial charge in [0, 0.05) is 10.6 Å². The lowest BCUT2D eigenvalue weighted by atomic mass is 10.1. The molecule has 0 heterocycles. The van der Waals surface area contributed by atoms with E-state index in [0.29, 0.717) is 11.1 Å². The number of alkyl halides is 3. The van der Waals surface area contributed by atoms with Gasteiger partial charge in [-0.3, -0.25) is 0 Å². The summed E-state index contributed by atoms with van der Waals surface area (Å²) in [6.07, 6.45) is -7.28. The van der Waals surface area contributed by atoms with E-state index in [1.165, 1.54) is 12.1 Å². The Balaban J connectivity index is 2.61. The third-order valence-electron chi connectivity index (χ3n) is 2.49. The van der Waals surface area contributed by atoms with Crippen molar-refractivity contribution in [3.8, 4) is 11.1 Å². The van der Waals surface area contributed by atoms with Crippen LogP contribution in [0.3, 0.4) is 0 Å². The molecule has 2 rings (SSSR count). The van der Waals surface area contributed by atoms with Crippen LogP contribution in [-0.2, 0) is 0 Å². The van der Waals surface area contributed by atoms with Crippen molar-refractivity contribution in [3.05, 3.63) is 47.0 Å². The van der Waals surface area contributed by atoms with Crippen LogP contribution in [0.1, 0.15) is 11.7 Å². The Morgan fingerprint density at radius 3 is 2.41 bits per heavy atom. The molecule has 0 amide bonds. The van der Waals surface area contributed by atoms with E-state index >= 15 is 0 Å². The molecule has 0 aromatic carbocycles. The topological polar surface area (TPSA) is 20.2 Å². The predicted molar refractivity (Wildman–Crippen MR) is 59.1 cm³/mol. The van der Waals surface area contributed by atoms with E-state index in [9.17, 15) is 18.3 Å². The first-order valence-electron chi connectivity index (χ1n) is 4.83. The third kappa shape index (κ3) is 2.23. The number of fused-ring (bicyclic) bond motifs is 1. The molecule has 1 nitrogen and oxygen atoms in total. The van der Waals surface area contributed by atoms with Crippen molar-refractivity contribution < 1.29 is 18.3 Å². The minimum Gasteiger partial charge on any atom is -0.379 e. The first-order chi connectivity index (χ1) is 7.91. The van der Waals surface area contributed by atoms with E-state index in [4.69, 9.17) is 11.6 Å². The highest BCUT2D eigenvalue weighted by atomic mass is 35.5. The molecule has 2 aliphatic carbocycles. The van der Waals surface area contributed by atoms with E-state index in [1.54, 1.807) is 24.3 Å². The predicted octanol–water partition coefficient (Wildman–Crippen LogP) is 4.04. The van der Waals surface area contributed by atoms with Crippen molar-refractivity contribution in [1.82, 2.24) is 0 Å². The zero-order valence-corrected chi connectivity index (χ0v) is 9.26. The van der Waals surface area contributed by atoms with Crippen molar-refractivity contribution in [2.24, 2.45) is 0 Å². The fourth-order valence-electron chi connectivity index (χ4n) is 1.72. The number of aliphatic hydroxyl groups is 1. The van der Waals surface area contributed by atoms with Gasteiger partial charge in [-0.1, -0.05) is 41.9 Å². The number of rotatable bonds is 1. The van der Waals surface area contributed by atoms with Crippen LogP contribution < -0.4 is 0 Å². The summed E-state index contributed by atoms with van der Waals surface area (Å²) >= 11 is 5.75. The van der Waals surface area contributed by atoms with Gasteiger partial charge in [0.05, 0.1) is 0 Å². The van der Waals surface area contributed by atoms with E-state index in [0.717, 1.165) is 0 Å². The Hall–Kier alpha value is -1.26. The van der Waals surface area contributed by atoms with Gasteiger partial charge in [0.25, 0.3) is 0 Å². The molecule has 90 valence electrons. The molecule has 0 bridgehead atoms. The number of hydrogen-bond acceptors (Lipinski definition) is 1. The molecule has 0 spiro atoms. The summed E-state index contributed by atoms with van der Waals surface area (Å²) in [4.78, 5) is 0. The molecule has 1 atom stereocenters. The normalized spacial score (nSPS) is 13.9. The average molecular weight is 261 g/mol. The minimum absolute atomic E-state index is 0.0731. The van der Waals surface area contributed by atoms with Gasteiger partial charge >= 0.3 is 6.18 Å². The quantitative estimate of drug-likeness (QED) is 0.820. The van der Waals surface area contributed by atoms with Crippen molar-refractivity contribution in [2.75, 3.05) is 0 Å². The zero-order chi connectivity index (χ0) is 12.6. The molecule has 0 saturated carbocycles. The van der Waals surface area contributed by atoms with Crippen LogP contribution in [0.2, 0.25) is 5.02 Å². The average Bonchev–Trinajstić information content (AvgIpc) is 2.40. The molecule has 1 N–H and O–H groups in total. The molecule has 17 heavy (non-hydrogen) atoms. The largest absolute Gasteiger partial charge is 0.418 e. The number of halogens is 4. The van der Waals surface area contributed by atoms with E-state index < -0.39 is 12.3 Å². The second-order valence-corrected chi connectivity index (χ2v) is 4.04. The number of hydrogen-bond donors (Lipinski definition) is 1. The smallest absolute Gasteiger partial charge is 0.379 e. The van der Waals surface area contributed by atoms with Gasteiger partial charge in [-0.25, -0.2) is 0 Å². The van der Waals surface area contributed by atoms with E-state index in [-0.39, 0.29) is 10.6 Å². The molecular weight excluding hydrogens is 253 g/mol. The Morgan fingerprint density at radius 2 is 1.76 bits per heavy atom. The van der Waals surface area contributed by atoms with Crippen LogP contribution in [0.15, 0.2) is 36.4 Å². The molecule has 0 radical (unpaired) electrons. The SMILES string of the molecule is OC(c1c(Cl)cc2cccccc1-2)C(F)(F)F. The van der Waals surface area contributed by atoms with Gasteiger partial charge in [-0.2, -0.15) is 13.2 Å². The molecule has 5 heteroatoms. The van der Waals surface area contributed by atoms with Crippen molar-refractivity contribution >= 4 is 11.6 Å². The van der Waals surface area contributed by atoms with Crippen LogP contribution >= 0.6 is 11.6 Å². The monoisotopic (exact) mass is 260 g/mol.